The summed E-state index contributed by atoms with van der Waals surface area (Å²) >= 11 is 0. The molecule has 1 aromatic carbocycles. The summed E-state index contributed by atoms with van der Waals surface area (Å²) in [6, 6.07) is 5.01. The molecule has 116 valence electrons. The first-order valence-corrected chi connectivity index (χ1v) is 7.57. The summed E-state index contributed by atoms with van der Waals surface area (Å²) in [5.74, 6) is -0.583. The van der Waals surface area contributed by atoms with Gasteiger partial charge >= 0.3 is 6.36 Å². The highest BCUT2D eigenvalue weighted by Crippen LogP contribution is 2.24. The van der Waals surface area contributed by atoms with Crippen molar-refractivity contribution >= 4 is 10.0 Å². The van der Waals surface area contributed by atoms with E-state index in [0.29, 0.717) is 6.42 Å². The number of ether oxygens (including phenoxy) is 1. The lowest BCUT2D eigenvalue weighted by Crippen LogP contribution is -2.29. The van der Waals surface area contributed by atoms with Crippen molar-refractivity contribution in [1.82, 2.24) is 4.72 Å². The van der Waals surface area contributed by atoms with Gasteiger partial charge in [0.05, 0.1) is 11.8 Å². The van der Waals surface area contributed by atoms with E-state index >= 15 is 0 Å². The predicted molar refractivity (Wildman–Crippen MR) is 68.7 cm³/mol. The average Bonchev–Trinajstić information content (AvgIpc) is 2.35. The highest BCUT2D eigenvalue weighted by molar-refractivity contribution is 7.89. The van der Waals surface area contributed by atoms with Crippen LogP contribution in [0.5, 0.6) is 5.75 Å². The van der Waals surface area contributed by atoms with Gasteiger partial charge in [0, 0.05) is 0 Å². The van der Waals surface area contributed by atoms with Crippen LogP contribution in [0.3, 0.4) is 0 Å². The van der Waals surface area contributed by atoms with Gasteiger partial charge in [-0.25, -0.2) is 8.42 Å². The van der Waals surface area contributed by atoms with Gasteiger partial charge in [-0.3, -0.25) is 0 Å². The van der Waals surface area contributed by atoms with Crippen molar-refractivity contribution in [2.75, 3.05) is 5.75 Å². The zero-order valence-corrected chi connectivity index (χ0v) is 11.8. The molecule has 0 saturated heterocycles. The van der Waals surface area contributed by atoms with Gasteiger partial charge in [-0.2, -0.15) is 9.98 Å². The van der Waals surface area contributed by atoms with Gasteiger partial charge in [0.1, 0.15) is 11.8 Å². The van der Waals surface area contributed by atoms with Crippen LogP contribution in [0.4, 0.5) is 13.2 Å². The molecular formula is C12H13F3N2O3S. The number of hydrogen-bond donors (Lipinski definition) is 1. The standard InChI is InChI=1S/C12H13F3N2O3S/c1-2-7-21(18,19)17-11(8-16)9-3-5-10(6-4-9)20-12(13,14)15/h3-6,11,17H,2,7H2,1H3. The van der Waals surface area contributed by atoms with Crippen molar-refractivity contribution in [3.05, 3.63) is 29.8 Å². The molecule has 0 bridgehead atoms. The molecule has 9 heteroatoms. The highest BCUT2D eigenvalue weighted by atomic mass is 32.2. The third kappa shape index (κ3) is 6.01. The monoisotopic (exact) mass is 322 g/mol. The zero-order valence-electron chi connectivity index (χ0n) is 11.0. The molecule has 0 aromatic heterocycles. The third-order valence-corrected chi connectivity index (χ3v) is 3.89. The third-order valence-electron chi connectivity index (χ3n) is 2.35. The van der Waals surface area contributed by atoms with Crippen molar-refractivity contribution in [3.8, 4) is 11.8 Å². The summed E-state index contributed by atoms with van der Waals surface area (Å²) in [6.07, 6.45) is -4.43. The second-order valence-electron chi connectivity index (χ2n) is 4.12. The van der Waals surface area contributed by atoms with E-state index in [9.17, 15) is 21.6 Å². The number of hydrogen-bond acceptors (Lipinski definition) is 4. The molecule has 5 nitrogen and oxygen atoms in total. The first-order valence-electron chi connectivity index (χ1n) is 5.92. The smallest absolute Gasteiger partial charge is 0.406 e. The minimum Gasteiger partial charge on any atom is -0.406 e. The van der Waals surface area contributed by atoms with E-state index < -0.39 is 28.2 Å². The number of halogens is 3. The van der Waals surface area contributed by atoms with E-state index in [2.05, 4.69) is 9.46 Å². The molecule has 1 aromatic rings. The summed E-state index contributed by atoms with van der Waals surface area (Å²) in [5.41, 5.74) is 0.228. The van der Waals surface area contributed by atoms with Crippen LogP contribution in [0, 0.1) is 11.3 Å². The Labute approximate surface area is 120 Å². The van der Waals surface area contributed by atoms with E-state index in [1.165, 1.54) is 12.1 Å². The van der Waals surface area contributed by atoms with Crippen LogP contribution in [0.1, 0.15) is 24.9 Å². The van der Waals surface area contributed by atoms with E-state index in [0.717, 1.165) is 12.1 Å². The first kappa shape index (κ1) is 17.3. The Hall–Kier alpha value is -1.79. The summed E-state index contributed by atoms with van der Waals surface area (Å²) in [6.45, 7) is 1.67. The molecule has 1 N–H and O–H groups in total. The normalized spacial score (nSPS) is 13.5. The zero-order chi connectivity index (χ0) is 16.1. The molecule has 1 unspecified atom stereocenters. The number of rotatable bonds is 6. The van der Waals surface area contributed by atoms with Crippen molar-refractivity contribution in [1.29, 1.82) is 5.26 Å². The minimum atomic E-state index is -4.81. The number of benzene rings is 1. The summed E-state index contributed by atoms with van der Waals surface area (Å²) in [4.78, 5) is 0. The molecule has 0 aliphatic carbocycles. The highest BCUT2D eigenvalue weighted by Gasteiger charge is 2.31. The van der Waals surface area contributed by atoms with E-state index in [4.69, 9.17) is 5.26 Å². The molecule has 21 heavy (non-hydrogen) atoms. The van der Waals surface area contributed by atoms with Crippen LogP contribution in [0.2, 0.25) is 0 Å². The molecule has 0 amide bonds. The Morgan fingerprint density at radius 2 is 1.90 bits per heavy atom. The Morgan fingerprint density at radius 3 is 2.33 bits per heavy atom. The van der Waals surface area contributed by atoms with Crippen molar-refractivity contribution < 1.29 is 26.3 Å². The summed E-state index contributed by atoms with van der Waals surface area (Å²) < 4.78 is 65.1. The van der Waals surface area contributed by atoms with E-state index in [-0.39, 0.29) is 11.3 Å². The fourth-order valence-electron chi connectivity index (χ4n) is 1.54. The molecule has 0 saturated carbocycles. The fraction of sp³-hybridized carbons (Fsp3) is 0.417. The van der Waals surface area contributed by atoms with Crippen LogP contribution in [-0.2, 0) is 10.0 Å². The molecule has 1 rings (SSSR count). The molecule has 0 spiro atoms. The van der Waals surface area contributed by atoms with Crippen molar-refractivity contribution in [2.45, 2.75) is 25.7 Å². The van der Waals surface area contributed by atoms with Crippen LogP contribution in [0.25, 0.3) is 0 Å². The van der Waals surface area contributed by atoms with Gasteiger partial charge in [-0.1, -0.05) is 19.1 Å². The van der Waals surface area contributed by atoms with E-state index in [1.807, 2.05) is 0 Å². The maximum Gasteiger partial charge on any atom is 0.573 e. The van der Waals surface area contributed by atoms with Crippen LogP contribution in [-0.4, -0.2) is 20.5 Å². The Morgan fingerprint density at radius 1 is 1.33 bits per heavy atom. The predicted octanol–water partition coefficient (Wildman–Crippen LogP) is 2.48. The quantitative estimate of drug-likeness (QED) is 0.872. The molecule has 0 aliphatic rings. The lowest BCUT2D eigenvalue weighted by atomic mass is 10.1. The van der Waals surface area contributed by atoms with Crippen LogP contribution < -0.4 is 9.46 Å². The van der Waals surface area contributed by atoms with Crippen LogP contribution in [0.15, 0.2) is 24.3 Å². The topological polar surface area (TPSA) is 79.2 Å². The lowest BCUT2D eigenvalue weighted by molar-refractivity contribution is -0.274. The summed E-state index contributed by atoms with van der Waals surface area (Å²) in [7, 11) is -3.61. The van der Waals surface area contributed by atoms with Crippen molar-refractivity contribution in [2.24, 2.45) is 0 Å². The maximum atomic E-state index is 12.0. The van der Waals surface area contributed by atoms with Gasteiger partial charge in [0.15, 0.2) is 0 Å². The fourth-order valence-corrected chi connectivity index (χ4v) is 2.74. The number of nitrogens with one attached hydrogen (secondary N) is 1. The molecular weight excluding hydrogens is 309 g/mol. The first-order chi connectivity index (χ1) is 9.67. The van der Waals surface area contributed by atoms with Crippen LogP contribution >= 0.6 is 0 Å². The maximum absolute atomic E-state index is 12.0. The Bertz CT molecular complexity index is 606. The largest absolute Gasteiger partial charge is 0.573 e. The summed E-state index contributed by atoms with van der Waals surface area (Å²) in [5, 5.41) is 8.98. The number of alkyl halides is 3. The van der Waals surface area contributed by atoms with Crippen molar-refractivity contribution in [3.63, 3.8) is 0 Å². The molecule has 0 heterocycles. The number of nitrogens with zero attached hydrogens (tertiary/aromatic N) is 1. The number of sulfonamides is 1. The SMILES string of the molecule is CCCS(=O)(=O)NC(C#N)c1ccc(OC(F)(F)F)cc1. The van der Waals surface area contributed by atoms with Gasteiger partial charge in [-0.15, -0.1) is 13.2 Å². The lowest BCUT2D eigenvalue weighted by Gasteiger charge is -2.13. The average molecular weight is 322 g/mol. The Kier molecular flexibility index (Phi) is 5.57. The second kappa shape index (κ2) is 6.78. The minimum absolute atomic E-state index is 0.138. The number of nitriles is 1. The molecule has 1 atom stereocenters. The van der Waals surface area contributed by atoms with Gasteiger partial charge < -0.3 is 4.74 Å². The van der Waals surface area contributed by atoms with E-state index in [1.54, 1.807) is 13.0 Å². The molecule has 0 aliphatic heterocycles. The Balaban J connectivity index is 2.86. The second-order valence-corrected chi connectivity index (χ2v) is 5.99. The van der Waals surface area contributed by atoms with Gasteiger partial charge in [0.2, 0.25) is 10.0 Å². The molecule has 0 radical (unpaired) electrons. The van der Waals surface area contributed by atoms with Gasteiger partial charge in [-0.05, 0) is 24.1 Å². The molecule has 0 fully saturated rings. The van der Waals surface area contributed by atoms with Gasteiger partial charge in [0.25, 0.3) is 0 Å².